The summed E-state index contributed by atoms with van der Waals surface area (Å²) in [5.74, 6) is 0.632. The molecule has 1 saturated carbocycles. The highest BCUT2D eigenvalue weighted by atomic mass is 35.5. The largest absolute Gasteiger partial charge is 0.299 e. The van der Waals surface area contributed by atoms with Crippen LogP contribution in [-0.4, -0.2) is 53.2 Å². The van der Waals surface area contributed by atoms with Gasteiger partial charge in [0.15, 0.2) is 9.84 Å². The van der Waals surface area contributed by atoms with Crippen molar-refractivity contribution in [1.82, 2.24) is 9.62 Å². The number of piperidine rings is 1. The Morgan fingerprint density at radius 3 is 2.09 bits per heavy atom. The zero-order chi connectivity index (χ0) is 23.6. The van der Waals surface area contributed by atoms with E-state index in [4.69, 9.17) is 11.6 Å². The fourth-order valence-electron chi connectivity index (χ4n) is 5.09. The molecule has 2 aliphatic rings. The lowest BCUT2D eigenvalue weighted by Crippen LogP contribution is -2.51. The van der Waals surface area contributed by atoms with Crippen molar-refractivity contribution in [3.8, 4) is 0 Å². The minimum absolute atomic E-state index is 0.0993. The van der Waals surface area contributed by atoms with Crippen molar-refractivity contribution in [1.29, 1.82) is 0 Å². The number of rotatable bonds is 7. The van der Waals surface area contributed by atoms with Crippen molar-refractivity contribution < 1.29 is 16.8 Å². The van der Waals surface area contributed by atoms with Gasteiger partial charge in [0.2, 0.25) is 10.0 Å². The molecule has 180 valence electrons. The lowest BCUT2D eigenvalue weighted by Gasteiger charge is -2.38. The molecule has 1 heterocycles. The van der Waals surface area contributed by atoms with Gasteiger partial charge in [-0.2, -0.15) is 0 Å². The van der Waals surface area contributed by atoms with E-state index in [1.807, 2.05) is 12.1 Å². The molecule has 0 aromatic heterocycles. The quantitative estimate of drug-likeness (QED) is 0.610. The van der Waals surface area contributed by atoms with Gasteiger partial charge in [-0.3, -0.25) is 4.90 Å². The molecular weight excluding hydrogens is 480 g/mol. The van der Waals surface area contributed by atoms with Crippen LogP contribution < -0.4 is 4.72 Å². The molecule has 9 heteroatoms. The van der Waals surface area contributed by atoms with Gasteiger partial charge in [-0.05, 0) is 93.1 Å². The van der Waals surface area contributed by atoms with Gasteiger partial charge < -0.3 is 0 Å². The fraction of sp³-hybridized carbons (Fsp3) is 0.500. The Bertz CT molecular complexity index is 1160. The van der Waals surface area contributed by atoms with Crippen LogP contribution in [0.5, 0.6) is 0 Å². The van der Waals surface area contributed by atoms with Crippen LogP contribution in [0.1, 0.15) is 37.7 Å². The standard InChI is InChI=1S/C24H31ClN2O4S2/c1-32(28,29)21-9-11-22(12-10-21)33(30,31)26-23-3-2-4-24(23)27-15-13-19(14-16-27)17-18-5-7-20(25)8-6-18/h5-12,19,23-24,26H,2-4,13-17H2,1H3/t23-,24-/m1/s1. The second-order valence-electron chi connectivity index (χ2n) is 9.28. The van der Waals surface area contributed by atoms with Crippen LogP contribution in [0.4, 0.5) is 0 Å². The Balaban J connectivity index is 1.35. The smallest absolute Gasteiger partial charge is 0.240 e. The van der Waals surface area contributed by atoms with Crippen molar-refractivity contribution in [3.05, 3.63) is 59.1 Å². The molecule has 1 aliphatic carbocycles. The van der Waals surface area contributed by atoms with E-state index in [1.165, 1.54) is 29.8 Å². The van der Waals surface area contributed by atoms with Crippen molar-refractivity contribution in [2.24, 2.45) is 5.92 Å². The van der Waals surface area contributed by atoms with Crippen LogP contribution in [0.2, 0.25) is 5.02 Å². The minimum Gasteiger partial charge on any atom is -0.299 e. The molecule has 2 aromatic carbocycles. The molecule has 0 radical (unpaired) electrons. The van der Waals surface area contributed by atoms with E-state index >= 15 is 0 Å². The summed E-state index contributed by atoms with van der Waals surface area (Å²) < 4.78 is 52.1. The lowest BCUT2D eigenvalue weighted by atomic mass is 9.89. The maximum atomic E-state index is 13.0. The number of sulfonamides is 1. The average Bonchev–Trinajstić information content (AvgIpc) is 3.23. The summed E-state index contributed by atoms with van der Waals surface area (Å²) in [5.41, 5.74) is 1.31. The molecule has 1 aliphatic heterocycles. The molecule has 0 amide bonds. The predicted octanol–water partition coefficient (Wildman–Crippen LogP) is 3.90. The first kappa shape index (κ1) is 24.7. The van der Waals surface area contributed by atoms with Gasteiger partial charge in [-0.1, -0.05) is 30.2 Å². The Kier molecular flexibility index (Phi) is 7.50. The van der Waals surface area contributed by atoms with Gasteiger partial charge in [0.25, 0.3) is 0 Å². The molecule has 1 saturated heterocycles. The summed E-state index contributed by atoms with van der Waals surface area (Å²) in [6.45, 7) is 1.95. The van der Waals surface area contributed by atoms with Gasteiger partial charge in [0.1, 0.15) is 0 Å². The first-order valence-electron chi connectivity index (χ1n) is 11.4. The number of sulfone groups is 1. The molecule has 2 fully saturated rings. The van der Waals surface area contributed by atoms with Crippen LogP contribution in [-0.2, 0) is 26.3 Å². The topological polar surface area (TPSA) is 83.5 Å². The molecule has 6 nitrogen and oxygen atoms in total. The number of halogens is 1. The zero-order valence-corrected chi connectivity index (χ0v) is 21.2. The summed E-state index contributed by atoms with van der Waals surface area (Å²) in [6.07, 6.45) is 7.16. The number of nitrogens with zero attached hydrogens (tertiary/aromatic N) is 1. The molecule has 0 unspecified atom stereocenters. The second-order valence-corrected chi connectivity index (χ2v) is 13.4. The summed E-state index contributed by atoms with van der Waals surface area (Å²) in [5, 5.41) is 0.759. The van der Waals surface area contributed by atoms with Gasteiger partial charge in [0, 0.05) is 23.4 Å². The van der Waals surface area contributed by atoms with E-state index in [0.717, 1.165) is 62.9 Å². The third-order valence-corrected chi connectivity index (χ3v) is 9.79. The van der Waals surface area contributed by atoms with Crippen LogP contribution in [0, 0.1) is 5.92 Å². The molecule has 0 bridgehead atoms. The highest BCUT2D eigenvalue weighted by Crippen LogP contribution is 2.31. The van der Waals surface area contributed by atoms with Crippen molar-refractivity contribution in [3.63, 3.8) is 0 Å². The number of hydrogen-bond acceptors (Lipinski definition) is 5. The first-order valence-corrected chi connectivity index (χ1v) is 15.2. The number of hydrogen-bond donors (Lipinski definition) is 1. The normalized spacial score (nSPS) is 23.1. The molecule has 1 N–H and O–H groups in total. The number of likely N-dealkylation sites (tertiary alicyclic amines) is 1. The van der Waals surface area contributed by atoms with Crippen molar-refractivity contribution >= 4 is 31.5 Å². The second kappa shape index (κ2) is 10.0. The van der Waals surface area contributed by atoms with Gasteiger partial charge >= 0.3 is 0 Å². The van der Waals surface area contributed by atoms with E-state index in [-0.39, 0.29) is 21.9 Å². The number of nitrogens with one attached hydrogen (secondary N) is 1. The maximum absolute atomic E-state index is 13.0. The summed E-state index contributed by atoms with van der Waals surface area (Å²) in [7, 11) is -7.08. The number of benzene rings is 2. The van der Waals surface area contributed by atoms with E-state index in [2.05, 4.69) is 21.8 Å². The summed E-state index contributed by atoms with van der Waals surface area (Å²) in [4.78, 5) is 2.66. The average molecular weight is 511 g/mol. The summed E-state index contributed by atoms with van der Waals surface area (Å²) >= 11 is 5.99. The Morgan fingerprint density at radius 2 is 1.48 bits per heavy atom. The van der Waals surface area contributed by atoms with Crippen LogP contribution in [0.3, 0.4) is 0 Å². The van der Waals surface area contributed by atoms with Crippen LogP contribution in [0.25, 0.3) is 0 Å². The van der Waals surface area contributed by atoms with E-state index < -0.39 is 19.9 Å². The Labute approximate surface area is 202 Å². The Hall–Kier alpha value is -1.45. The highest BCUT2D eigenvalue weighted by molar-refractivity contribution is 7.90. The van der Waals surface area contributed by atoms with Crippen LogP contribution >= 0.6 is 11.6 Å². The van der Waals surface area contributed by atoms with Gasteiger partial charge in [0.05, 0.1) is 9.79 Å². The highest BCUT2D eigenvalue weighted by Gasteiger charge is 2.36. The molecule has 2 aromatic rings. The van der Waals surface area contributed by atoms with Gasteiger partial charge in [-0.25, -0.2) is 21.6 Å². The van der Waals surface area contributed by atoms with Crippen LogP contribution in [0.15, 0.2) is 58.3 Å². The monoisotopic (exact) mass is 510 g/mol. The van der Waals surface area contributed by atoms with E-state index in [9.17, 15) is 16.8 Å². The molecule has 2 atom stereocenters. The van der Waals surface area contributed by atoms with E-state index in [1.54, 1.807) is 0 Å². The molecule has 4 rings (SSSR count). The SMILES string of the molecule is CS(=O)(=O)c1ccc(S(=O)(=O)N[C@@H]2CCC[C@H]2N2CCC(Cc3ccc(Cl)cc3)CC2)cc1. The molecule has 0 spiro atoms. The fourth-order valence-corrected chi connectivity index (χ4v) is 7.15. The van der Waals surface area contributed by atoms with E-state index in [0.29, 0.717) is 5.92 Å². The predicted molar refractivity (Wildman–Crippen MR) is 131 cm³/mol. The zero-order valence-electron chi connectivity index (χ0n) is 18.8. The molecule has 33 heavy (non-hydrogen) atoms. The maximum Gasteiger partial charge on any atom is 0.240 e. The minimum atomic E-state index is -3.71. The third kappa shape index (κ3) is 6.17. The van der Waals surface area contributed by atoms with Crippen molar-refractivity contribution in [2.45, 2.75) is 60.4 Å². The Morgan fingerprint density at radius 1 is 0.879 bits per heavy atom. The third-order valence-electron chi connectivity index (χ3n) is 6.90. The summed E-state index contributed by atoms with van der Waals surface area (Å²) in [6, 6.07) is 13.6. The molecular formula is C24H31ClN2O4S2. The van der Waals surface area contributed by atoms with Crippen molar-refractivity contribution in [2.75, 3.05) is 19.3 Å². The lowest BCUT2D eigenvalue weighted by molar-refractivity contribution is 0.122. The first-order chi connectivity index (χ1) is 15.6. The van der Waals surface area contributed by atoms with Gasteiger partial charge in [-0.15, -0.1) is 0 Å².